The van der Waals surface area contributed by atoms with Gasteiger partial charge in [0.2, 0.25) is 0 Å². The van der Waals surface area contributed by atoms with Crippen LogP contribution in [-0.2, 0) is 6.42 Å². The maximum Gasteiger partial charge on any atom is 0.163 e. The Morgan fingerprint density at radius 2 is 1.82 bits per heavy atom. The summed E-state index contributed by atoms with van der Waals surface area (Å²) in [5.74, 6) is 4.18. The molecule has 7 nitrogen and oxygen atoms in total. The lowest BCUT2D eigenvalue weighted by molar-refractivity contribution is 0.206. The number of nitrogens with one attached hydrogen (secondary N) is 1. The van der Waals surface area contributed by atoms with Crippen LogP contribution < -0.4 is 14.8 Å². The number of methoxy groups -OCH3 is 1. The second-order valence-electron chi connectivity index (χ2n) is 12.3. The van der Waals surface area contributed by atoms with Gasteiger partial charge in [0.1, 0.15) is 11.5 Å². The normalized spacial score (nSPS) is 20.6. The highest BCUT2D eigenvalue weighted by molar-refractivity contribution is 5.99. The first-order valence-electron chi connectivity index (χ1n) is 15.4. The fraction of sp³-hybridized carbons (Fsp3) is 0.606. The number of fused-ring (bicyclic) bond motifs is 3. The van der Waals surface area contributed by atoms with Gasteiger partial charge < -0.3 is 29.0 Å². The lowest BCUT2D eigenvalue weighted by Gasteiger charge is -2.35. The summed E-state index contributed by atoms with van der Waals surface area (Å²) in [4.78, 5) is 10.2. The average molecular weight is 547 g/mol. The van der Waals surface area contributed by atoms with E-state index in [9.17, 15) is 0 Å². The molecule has 0 spiro atoms. The lowest BCUT2D eigenvalue weighted by Crippen LogP contribution is -2.34. The van der Waals surface area contributed by atoms with Crippen molar-refractivity contribution >= 4 is 16.6 Å². The molecule has 5 heterocycles. The van der Waals surface area contributed by atoms with E-state index >= 15 is 0 Å². The van der Waals surface area contributed by atoms with Gasteiger partial charge in [0, 0.05) is 40.9 Å². The van der Waals surface area contributed by atoms with Gasteiger partial charge in [-0.2, -0.15) is 0 Å². The zero-order chi connectivity index (χ0) is 27.6. The first-order valence-corrected chi connectivity index (χ1v) is 15.4. The molecule has 1 aromatic carbocycles. The topological polar surface area (TPSA) is 63.0 Å². The zero-order valence-corrected chi connectivity index (χ0v) is 24.9. The fourth-order valence-corrected chi connectivity index (χ4v) is 7.03. The first-order chi connectivity index (χ1) is 19.5. The number of piperidine rings is 1. The minimum Gasteiger partial charge on any atom is -0.493 e. The molecule has 0 saturated carbocycles. The molecule has 216 valence electrons. The van der Waals surface area contributed by atoms with E-state index in [1.54, 1.807) is 7.11 Å². The van der Waals surface area contributed by atoms with Gasteiger partial charge in [0.15, 0.2) is 11.5 Å². The van der Waals surface area contributed by atoms with Crippen LogP contribution >= 0.6 is 0 Å². The zero-order valence-electron chi connectivity index (χ0n) is 24.9. The van der Waals surface area contributed by atoms with E-state index in [4.69, 9.17) is 18.9 Å². The summed E-state index contributed by atoms with van der Waals surface area (Å²) in [7, 11) is 3.98. The molecule has 7 heteroatoms. The molecule has 2 aromatic heterocycles. The van der Waals surface area contributed by atoms with Gasteiger partial charge >= 0.3 is 0 Å². The highest BCUT2D eigenvalue weighted by Gasteiger charge is 2.29. The lowest BCUT2D eigenvalue weighted by atomic mass is 9.85. The van der Waals surface area contributed by atoms with Gasteiger partial charge in [-0.3, -0.25) is 0 Å². The summed E-state index contributed by atoms with van der Waals surface area (Å²) in [6.45, 7) is 10.7. The number of furan rings is 1. The molecule has 6 rings (SSSR count). The molecule has 3 aliphatic rings. The van der Waals surface area contributed by atoms with Gasteiger partial charge in [-0.1, -0.05) is 0 Å². The summed E-state index contributed by atoms with van der Waals surface area (Å²) < 4.78 is 18.1. The predicted molar refractivity (Wildman–Crippen MR) is 162 cm³/mol. The number of anilines is 1. The highest BCUT2D eigenvalue weighted by Crippen LogP contribution is 2.44. The van der Waals surface area contributed by atoms with E-state index in [-0.39, 0.29) is 0 Å². The molecule has 0 aliphatic carbocycles. The van der Waals surface area contributed by atoms with Crippen molar-refractivity contribution in [3.63, 3.8) is 0 Å². The van der Waals surface area contributed by atoms with Crippen LogP contribution in [-0.4, -0.2) is 74.3 Å². The van der Waals surface area contributed by atoms with Crippen molar-refractivity contribution in [3.05, 3.63) is 35.3 Å². The van der Waals surface area contributed by atoms with E-state index in [1.807, 2.05) is 13.8 Å². The molecule has 3 aliphatic heterocycles. The predicted octanol–water partition coefficient (Wildman–Crippen LogP) is 6.44. The Kier molecular flexibility index (Phi) is 8.22. The minimum absolute atomic E-state index is 0.471. The Balaban J connectivity index is 1.31. The van der Waals surface area contributed by atoms with E-state index < -0.39 is 0 Å². The molecule has 0 amide bonds. The fourth-order valence-electron chi connectivity index (χ4n) is 7.03. The molecular weight excluding hydrogens is 500 g/mol. The number of aryl methyl sites for hydroxylation is 2. The van der Waals surface area contributed by atoms with Gasteiger partial charge in [0.25, 0.3) is 0 Å². The van der Waals surface area contributed by atoms with E-state index in [0.29, 0.717) is 12.6 Å². The van der Waals surface area contributed by atoms with Gasteiger partial charge in [-0.05, 0) is 116 Å². The van der Waals surface area contributed by atoms with Crippen molar-refractivity contribution in [1.29, 1.82) is 0 Å². The van der Waals surface area contributed by atoms with Gasteiger partial charge in [0.05, 0.1) is 24.9 Å². The number of ether oxygens (including phenoxy) is 2. The number of rotatable bonds is 9. The van der Waals surface area contributed by atoms with Crippen LogP contribution in [0.15, 0.2) is 22.6 Å². The SMILES string of the molecule is COc1cc2c3c(c(-c4cc(C)oc4C)nc2cc1OCCCN1CCCC1)CCC(CC1CCN(C)CC1)N3. The van der Waals surface area contributed by atoms with Crippen LogP contribution in [0.2, 0.25) is 0 Å². The maximum absolute atomic E-state index is 6.31. The third-order valence-electron chi connectivity index (χ3n) is 9.29. The van der Waals surface area contributed by atoms with Crippen molar-refractivity contribution in [3.8, 4) is 22.8 Å². The van der Waals surface area contributed by atoms with E-state index in [0.717, 1.165) is 76.9 Å². The minimum atomic E-state index is 0.471. The van der Waals surface area contributed by atoms with Crippen molar-refractivity contribution in [2.75, 3.05) is 58.8 Å². The average Bonchev–Trinajstić information content (AvgIpc) is 3.60. The smallest absolute Gasteiger partial charge is 0.163 e. The van der Waals surface area contributed by atoms with E-state index in [1.165, 1.54) is 69.5 Å². The molecule has 0 bridgehead atoms. The molecule has 1 atom stereocenters. The summed E-state index contributed by atoms with van der Waals surface area (Å²) in [6.07, 6.45) is 9.61. The number of benzene rings is 1. The van der Waals surface area contributed by atoms with Gasteiger partial charge in [-0.15, -0.1) is 0 Å². The van der Waals surface area contributed by atoms with Crippen LogP contribution in [0.3, 0.4) is 0 Å². The number of hydrogen-bond acceptors (Lipinski definition) is 7. The van der Waals surface area contributed by atoms with Crippen LogP contribution in [0.5, 0.6) is 11.5 Å². The van der Waals surface area contributed by atoms with Crippen molar-refractivity contribution < 1.29 is 13.9 Å². The van der Waals surface area contributed by atoms with Crippen molar-refractivity contribution in [2.24, 2.45) is 5.92 Å². The van der Waals surface area contributed by atoms with Crippen LogP contribution in [0.1, 0.15) is 62.0 Å². The standard InChI is InChI=1S/C33H46N4O3/c1-22-18-27(23(2)40-22)32-26-9-8-25(19-24-10-15-36(3)16-11-24)34-33(26)28-20-30(38-4)31(21-29(28)35-32)39-17-7-14-37-12-5-6-13-37/h18,20-21,24-25,34H,5-17,19H2,1-4H3. The third-order valence-corrected chi connectivity index (χ3v) is 9.29. The summed E-state index contributed by atoms with van der Waals surface area (Å²) in [5, 5.41) is 5.12. The van der Waals surface area contributed by atoms with E-state index in [2.05, 4.69) is 40.4 Å². The summed E-state index contributed by atoms with van der Waals surface area (Å²) >= 11 is 0. The number of hydrogen-bond donors (Lipinski definition) is 1. The number of aromatic nitrogens is 1. The summed E-state index contributed by atoms with van der Waals surface area (Å²) in [5.41, 5.74) is 5.57. The maximum atomic E-state index is 6.31. The Bertz CT molecular complexity index is 1320. The van der Waals surface area contributed by atoms with Crippen molar-refractivity contribution in [2.45, 2.75) is 71.3 Å². The molecular formula is C33H46N4O3. The van der Waals surface area contributed by atoms with Crippen molar-refractivity contribution in [1.82, 2.24) is 14.8 Å². The first kappa shape index (κ1) is 27.4. The quantitative estimate of drug-likeness (QED) is 0.310. The third kappa shape index (κ3) is 5.82. The molecule has 3 aromatic rings. The summed E-state index contributed by atoms with van der Waals surface area (Å²) in [6, 6.07) is 6.82. The largest absolute Gasteiger partial charge is 0.493 e. The van der Waals surface area contributed by atoms with Crippen LogP contribution in [0, 0.1) is 19.8 Å². The molecule has 40 heavy (non-hydrogen) atoms. The number of likely N-dealkylation sites (tertiary alicyclic amines) is 2. The highest BCUT2D eigenvalue weighted by atomic mass is 16.5. The second-order valence-corrected chi connectivity index (χ2v) is 12.3. The number of pyridine rings is 1. The Morgan fingerprint density at radius 1 is 1.02 bits per heavy atom. The van der Waals surface area contributed by atoms with Crippen LogP contribution in [0.4, 0.5) is 5.69 Å². The monoisotopic (exact) mass is 546 g/mol. The second kappa shape index (κ2) is 12.0. The van der Waals surface area contributed by atoms with Gasteiger partial charge in [-0.25, -0.2) is 4.98 Å². The molecule has 0 radical (unpaired) electrons. The Labute approximate surface area is 239 Å². The Morgan fingerprint density at radius 3 is 2.55 bits per heavy atom. The van der Waals surface area contributed by atoms with Crippen LogP contribution in [0.25, 0.3) is 22.2 Å². The molecule has 1 N–H and O–H groups in total. The molecule has 1 unspecified atom stereocenters. The Hall–Kier alpha value is -2.77. The molecule has 2 saturated heterocycles. The number of nitrogens with zero attached hydrogens (tertiary/aromatic N) is 3. The molecule has 2 fully saturated rings.